The van der Waals surface area contributed by atoms with Crippen LogP contribution in [0.25, 0.3) is 11.0 Å². The zero-order valence-corrected chi connectivity index (χ0v) is 18.9. The molecule has 31 heavy (non-hydrogen) atoms. The minimum Gasteiger partial charge on any atom is -0.463 e. The second-order valence-electron chi connectivity index (χ2n) is 9.03. The maximum atomic E-state index is 9.59. The van der Waals surface area contributed by atoms with E-state index in [-0.39, 0.29) is 0 Å². The van der Waals surface area contributed by atoms with E-state index in [2.05, 4.69) is 44.8 Å². The minimum atomic E-state index is 0.299. The normalized spacial score (nSPS) is 21.6. The molecule has 0 aromatic carbocycles. The van der Waals surface area contributed by atoms with Crippen LogP contribution in [0.2, 0.25) is 0 Å². The summed E-state index contributed by atoms with van der Waals surface area (Å²) in [5.41, 5.74) is 8.96. The Labute approximate surface area is 184 Å². The molecule has 2 fully saturated rings. The van der Waals surface area contributed by atoms with Crippen LogP contribution in [-0.4, -0.2) is 70.1 Å². The van der Waals surface area contributed by atoms with E-state index in [1.54, 1.807) is 0 Å². The predicted octanol–water partition coefficient (Wildman–Crippen LogP) is 3.08. The molecule has 2 bridgehead atoms. The van der Waals surface area contributed by atoms with Crippen molar-refractivity contribution in [2.24, 2.45) is 0 Å². The number of hydrogen-bond donors (Lipinski definition) is 2. The van der Waals surface area contributed by atoms with Crippen LogP contribution in [0.3, 0.4) is 0 Å². The summed E-state index contributed by atoms with van der Waals surface area (Å²) in [7, 11) is 2.28. The highest BCUT2D eigenvalue weighted by atomic mass is 16.5. The van der Waals surface area contributed by atoms with Crippen LogP contribution in [0.5, 0.6) is 6.01 Å². The van der Waals surface area contributed by atoms with E-state index in [4.69, 9.17) is 10.5 Å². The molecule has 8 nitrogen and oxygen atoms in total. The first-order valence-corrected chi connectivity index (χ1v) is 11.8. The number of aromatic nitrogens is 3. The molecule has 2 atom stereocenters. The fraction of sp³-hybridized carbons (Fsp3) is 0.696. The van der Waals surface area contributed by atoms with Gasteiger partial charge in [0, 0.05) is 30.7 Å². The van der Waals surface area contributed by atoms with Gasteiger partial charge in [-0.3, -0.25) is 4.90 Å². The van der Waals surface area contributed by atoms with Crippen LogP contribution in [0.15, 0.2) is 0 Å². The van der Waals surface area contributed by atoms with Crippen LogP contribution < -0.4 is 10.5 Å². The Morgan fingerprint density at radius 1 is 1.16 bits per heavy atom. The van der Waals surface area contributed by atoms with Crippen molar-refractivity contribution in [3.63, 3.8) is 0 Å². The second-order valence-corrected chi connectivity index (χ2v) is 9.03. The summed E-state index contributed by atoms with van der Waals surface area (Å²) in [6.45, 7) is 6.28. The number of likely N-dealkylation sites (N-methyl/N-ethyl adjacent to an activating group) is 1. The lowest BCUT2D eigenvalue weighted by Crippen LogP contribution is -2.51. The van der Waals surface area contributed by atoms with Gasteiger partial charge in [0.1, 0.15) is 22.8 Å². The molecule has 0 radical (unpaired) electrons. The summed E-state index contributed by atoms with van der Waals surface area (Å²) in [6, 6.07) is 4.07. The van der Waals surface area contributed by atoms with Crippen molar-refractivity contribution in [1.29, 1.82) is 5.26 Å². The number of ether oxygens (including phenoxy) is 1. The number of aryl methyl sites for hydroxylation is 1. The number of unbranched alkanes of at least 4 members (excludes halogenated alkanes) is 3. The van der Waals surface area contributed by atoms with Crippen molar-refractivity contribution in [1.82, 2.24) is 24.8 Å². The molecule has 3 N–H and O–H groups in total. The number of nitrogen functional groups attached to an aromatic ring is 1. The first-order valence-electron chi connectivity index (χ1n) is 11.8. The Morgan fingerprint density at radius 2 is 1.94 bits per heavy atom. The Balaban J connectivity index is 1.33. The van der Waals surface area contributed by atoms with Crippen molar-refractivity contribution in [3.8, 4) is 12.1 Å². The Bertz CT molecular complexity index is 920. The minimum absolute atomic E-state index is 0.299. The van der Waals surface area contributed by atoms with Gasteiger partial charge in [0.25, 0.3) is 0 Å². The average molecular weight is 426 g/mol. The molecule has 2 aromatic rings. The number of aromatic amines is 1. The van der Waals surface area contributed by atoms with E-state index in [1.807, 2.05) is 0 Å². The molecule has 0 saturated carbocycles. The molecule has 2 aromatic heterocycles. The summed E-state index contributed by atoms with van der Waals surface area (Å²) < 4.78 is 5.67. The van der Waals surface area contributed by atoms with Crippen LogP contribution in [0, 0.1) is 11.3 Å². The molecular weight excluding hydrogens is 390 g/mol. The van der Waals surface area contributed by atoms with Crippen molar-refractivity contribution >= 4 is 16.9 Å². The van der Waals surface area contributed by atoms with Crippen molar-refractivity contribution in [3.05, 3.63) is 11.3 Å². The first-order chi connectivity index (χ1) is 15.1. The zero-order valence-electron chi connectivity index (χ0n) is 18.9. The molecule has 8 heteroatoms. The number of rotatable bonds is 10. The molecule has 0 aliphatic carbocycles. The third-order valence-electron chi connectivity index (χ3n) is 6.92. The lowest BCUT2D eigenvalue weighted by molar-refractivity contribution is 0.0874. The van der Waals surface area contributed by atoms with Gasteiger partial charge in [0.2, 0.25) is 0 Å². The second kappa shape index (κ2) is 9.84. The highest BCUT2D eigenvalue weighted by Gasteiger charge is 2.36. The molecule has 4 rings (SSSR count). The zero-order chi connectivity index (χ0) is 21.8. The lowest BCUT2D eigenvalue weighted by atomic mass is 10.1. The predicted molar refractivity (Wildman–Crippen MR) is 122 cm³/mol. The van der Waals surface area contributed by atoms with E-state index < -0.39 is 0 Å². The van der Waals surface area contributed by atoms with Crippen LogP contribution >= 0.6 is 0 Å². The SMILES string of the molecule is CCCCOc1nc(N)c2[nH]c(C#N)c(CCCCCN3CC4CCC(C3)N4C)c2n1. The van der Waals surface area contributed by atoms with Crippen molar-refractivity contribution < 1.29 is 4.74 Å². The largest absolute Gasteiger partial charge is 0.463 e. The van der Waals surface area contributed by atoms with Crippen LogP contribution in [-0.2, 0) is 6.42 Å². The number of fused-ring (bicyclic) bond motifs is 3. The third kappa shape index (κ3) is 4.78. The number of hydrogen-bond acceptors (Lipinski definition) is 7. The number of nitrogens with one attached hydrogen (secondary N) is 1. The van der Waals surface area contributed by atoms with Gasteiger partial charge in [0.15, 0.2) is 5.82 Å². The smallest absolute Gasteiger partial charge is 0.319 e. The van der Waals surface area contributed by atoms with E-state index in [0.29, 0.717) is 29.6 Å². The van der Waals surface area contributed by atoms with Gasteiger partial charge in [-0.2, -0.15) is 15.2 Å². The van der Waals surface area contributed by atoms with Gasteiger partial charge >= 0.3 is 6.01 Å². The highest BCUT2D eigenvalue weighted by molar-refractivity contribution is 5.89. The van der Waals surface area contributed by atoms with Gasteiger partial charge in [-0.05, 0) is 52.1 Å². The summed E-state index contributed by atoms with van der Waals surface area (Å²) in [5, 5.41) is 9.59. The van der Waals surface area contributed by atoms with E-state index in [1.165, 1.54) is 38.9 Å². The monoisotopic (exact) mass is 425 g/mol. The van der Waals surface area contributed by atoms with E-state index in [9.17, 15) is 5.26 Å². The molecule has 0 amide bonds. The summed E-state index contributed by atoms with van der Waals surface area (Å²) in [6.07, 6.45) is 8.85. The number of nitrogens with two attached hydrogens (primary N) is 1. The molecule has 4 heterocycles. The number of nitriles is 1. The lowest BCUT2D eigenvalue weighted by Gasteiger charge is -2.38. The molecule has 168 valence electrons. The van der Waals surface area contributed by atoms with Gasteiger partial charge in [-0.25, -0.2) is 0 Å². The molecule has 2 unspecified atom stereocenters. The molecule has 0 spiro atoms. The third-order valence-corrected chi connectivity index (χ3v) is 6.92. The first kappa shape index (κ1) is 21.8. The topological polar surface area (TPSA) is 107 Å². The number of anilines is 1. The van der Waals surface area contributed by atoms with Gasteiger partial charge in [-0.15, -0.1) is 0 Å². The number of piperazine rings is 1. The van der Waals surface area contributed by atoms with Gasteiger partial charge in [0.05, 0.1) is 6.61 Å². The van der Waals surface area contributed by atoms with Crippen LogP contribution in [0.1, 0.15) is 63.1 Å². The number of H-pyrrole nitrogens is 1. The fourth-order valence-corrected chi connectivity index (χ4v) is 5.03. The number of likely N-dealkylation sites (tertiary alicyclic amines) is 1. The van der Waals surface area contributed by atoms with Gasteiger partial charge in [-0.1, -0.05) is 19.8 Å². The summed E-state index contributed by atoms with van der Waals surface area (Å²) in [4.78, 5) is 17.1. The highest BCUT2D eigenvalue weighted by Crippen LogP contribution is 2.29. The summed E-state index contributed by atoms with van der Waals surface area (Å²) >= 11 is 0. The number of nitrogens with zero attached hydrogens (tertiary/aromatic N) is 5. The maximum absolute atomic E-state index is 9.59. The summed E-state index contributed by atoms with van der Waals surface area (Å²) in [5.74, 6) is 0.337. The average Bonchev–Trinajstić information content (AvgIpc) is 3.19. The molecule has 2 aliphatic heterocycles. The van der Waals surface area contributed by atoms with Crippen LogP contribution in [0.4, 0.5) is 5.82 Å². The molecular formula is C23H35N7O. The standard InChI is InChI=1S/C23H35N7O/c1-3-4-12-31-23-27-20-18(19(13-24)26-21(20)22(25)28-23)8-6-5-7-11-30-14-16-9-10-17(15-30)29(16)2/h16-17,26H,3-12,14-15H2,1-2H3,(H2,25,27,28). The maximum Gasteiger partial charge on any atom is 0.319 e. The van der Waals surface area contributed by atoms with Gasteiger partial charge < -0.3 is 20.4 Å². The Hall–Kier alpha value is -2.37. The van der Waals surface area contributed by atoms with E-state index in [0.717, 1.165) is 55.3 Å². The Kier molecular flexibility index (Phi) is 6.93. The van der Waals surface area contributed by atoms with Crippen molar-refractivity contribution in [2.75, 3.05) is 39.0 Å². The van der Waals surface area contributed by atoms with Crippen molar-refractivity contribution in [2.45, 2.75) is 70.4 Å². The molecule has 2 aliphatic rings. The van der Waals surface area contributed by atoms with E-state index >= 15 is 0 Å². The fourth-order valence-electron chi connectivity index (χ4n) is 5.03. The quantitative estimate of drug-likeness (QED) is 0.563. The Morgan fingerprint density at radius 3 is 2.65 bits per heavy atom. The molecule has 2 saturated heterocycles.